The Morgan fingerprint density at radius 2 is 1.67 bits per heavy atom. The molecule has 5 amide bonds. The Morgan fingerprint density at radius 3 is 2.23 bits per heavy atom. The van der Waals surface area contributed by atoms with Gasteiger partial charge < -0.3 is 19.9 Å². The zero-order valence-electron chi connectivity index (χ0n) is 17.0. The van der Waals surface area contributed by atoms with Gasteiger partial charge in [-0.2, -0.15) is 0 Å². The summed E-state index contributed by atoms with van der Waals surface area (Å²) < 4.78 is 4.97. The van der Waals surface area contributed by atoms with Gasteiger partial charge in [0, 0.05) is 31.2 Å². The molecule has 162 valence electrons. The third-order valence-corrected chi connectivity index (χ3v) is 5.75. The lowest BCUT2D eigenvalue weighted by Gasteiger charge is -2.34. The summed E-state index contributed by atoms with van der Waals surface area (Å²) in [4.78, 5) is 54.3. The summed E-state index contributed by atoms with van der Waals surface area (Å²) in [6, 6.07) is 6.11. The zero-order chi connectivity index (χ0) is 21.9. The van der Waals surface area contributed by atoms with Crippen LogP contribution in [-0.2, 0) is 19.9 Å². The molecule has 1 unspecified atom stereocenters. The van der Waals surface area contributed by atoms with Crippen molar-refractivity contribution in [2.75, 3.05) is 39.3 Å². The van der Waals surface area contributed by atoms with E-state index >= 15 is 0 Å². The first-order valence-electron chi connectivity index (χ1n) is 9.92. The molecule has 2 fully saturated rings. The lowest BCUT2D eigenvalue weighted by molar-refractivity contribution is -0.140. The van der Waals surface area contributed by atoms with Gasteiger partial charge in [0.05, 0.1) is 6.61 Å². The minimum atomic E-state index is -1.22. The van der Waals surface area contributed by atoms with Gasteiger partial charge in [-0.15, -0.1) is 0 Å². The Morgan fingerprint density at radius 1 is 1.07 bits per heavy atom. The molecule has 2 aliphatic rings. The molecule has 2 aliphatic heterocycles. The SMILES string of the molecule is CCOC(=O)N1CCN(C(=O)CN2C(=O)NC(CC)(c3ccc(Cl)cc3)C2=O)CC1. The number of rotatable bonds is 5. The number of imide groups is 1. The number of nitrogens with one attached hydrogen (secondary N) is 1. The third kappa shape index (κ3) is 4.07. The lowest BCUT2D eigenvalue weighted by Crippen LogP contribution is -2.53. The van der Waals surface area contributed by atoms with Crippen LogP contribution in [0.2, 0.25) is 5.02 Å². The van der Waals surface area contributed by atoms with Gasteiger partial charge in [0.2, 0.25) is 5.91 Å². The minimum absolute atomic E-state index is 0.289. The van der Waals surface area contributed by atoms with Crippen molar-refractivity contribution in [3.63, 3.8) is 0 Å². The van der Waals surface area contributed by atoms with E-state index in [4.69, 9.17) is 16.3 Å². The second-order valence-electron chi connectivity index (χ2n) is 7.15. The molecule has 1 atom stereocenters. The van der Waals surface area contributed by atoms with E-state index in [2.05, 4.69) is 5.32 Å². The fourth-order valence-corrected chi connectivity index (χ4v) is 3.86. The van der Waals surface area contributed by atoms with Gasteiger partial charge in [-0.3, -0.25) is 14.5 Å². The Labute approximate surface area is 179 Å². The van der Waals surface area contributed by atoms with Gasteiger partial charge in [-0.05, 0) is 31.0 Å². The summed E-state index contributed by atoms with van der Waals surface area (Å²) in [5, 5.41) is 3.28. The van der Waals surface area contributed by atoms with Crippen molar-refractivity contribution in [1.82, 2.24) is 20.0 Å². The quantitative estimate of drug-likeness (QED) is 0.709. The first-order chi connectivity index (χ1) is 14.3. The summed E-state index contributed by atoms with van der Waals surface area (Å²) in [6.07, 6.45) is -0.0725. The number of hydrogen-bond acceptors (Lipinski definition) is 5. The largest absolute Gasteiger partial charge is 0.450 e. The molecule has 9 nitrogen and oxygen atoms in total. The number of halogens is 1. The Hall–Kier alpha value is -2.81. The van der Waals surface area contributed by atoms with Crippen LogP contribution in [0.1, 0.15) is 25.8 Å². The summed E-state index contributed by atoms with van der Waals surface area (Å²) in [7, 11) is 0. The molecule has 1 N–H and O–H groups in total. The highest BCUT2D eigenvalue weighted by atomic mass is 35.5. The monoisotopic (exact) mass is 436 g/mol. The molecule has 1 aromatic carbocycles. The van der Waals surface area contributed by atoms with Crippen LogP contribution in [0.15, 0.2) is 24.3 Å². The molecule has 0 aromatic heterocycles. The van der Waals surface area contributed by atoms with Gasteiger partial charge in [0.1, 0.15) is 12.1 Å². The number of benzene rings is 1. The molecule has 0 radical (unpaired) electrons. The predicted molar refractivity (Wildman–Crippen MR) is 109 cm³/mol. The lowest BCUT2D eigenvalue weighted by atomic mass is 9.87. The topological polar surface area (TPSA) is 99.3 Å². The highest BCUT2D eigenvalue weighted by Gasteiger charge is 2.51. The second kappa shape index (κ2) is 8.91. The number of nitrogens with zero attached hydrogens (tertiary/aromatic N) is 3. The van der Waals surface area contributed by atoms with E-state index in [0.29, 0.717) is 43.2 Å². The van der Waals surface area contributed by atoms with Gasteiger partial charge in [-0.25, -0.2) is 9.59 Å². The third-order valence-electron chi connectivity index (χ3n) is 5.49. The minimum Gasteiger partial charge on any atom is -0.450 e. The summed E-state index contributed by atoms with van der Waals surface area (Å²) in [6.45, 7) is 4.79. The second-order valence-corrected chi connectivity index (χ2v) is 7.59. The summed E-state index contributed by atoms with van der Waals surface area (Å²) in [5.41, 5.74) is -0.601. The van der Waals surface area contributed by atoms with Crippen LogP contribution in [0.3, 0.4) is 0 Å². The molecule has 0 aliphatic carbocycles. The number of amides is 5. The maximum atomic E-state index is 13.2. The molecule has 30 heavy (non-hydrogen) atoms. The average Bonchev–Trinajstić information content (AvgIpc) is 2.99. The van der Waals surface area contributed by atoms with E-state index in [9.17, 15) is 19.2 Å². The highest BCUT2D eigenvalue weighted by molar-refractivity contribution is 6.30. The first kappa shape index (κ1) is 21.9. The molecule has 0 bridgehead atoms. The normalized spacial score (nSPS) is 21.6. The van der Waals surface area contributed by atoms with Crippen molar-refractivity contribution in [2.45, 2.75) is 25.8 Å². The Kier molecular flexibility index (Phi) is 6.50. The Bertz CT molecular complexity index is 838. The smallest absolute Gasteiger partial charge is 0.409 e. The molecule has 0 saturated carbocycles. The molecular weight excluding hydrogens is 412 g/mol. The van der Waals surface area contributed by atoms with Crippen LogP contribution in [0.5, 0.6) is 0 Å². The van der Waals surface area contributed by atoms with Crippen molar-refractivity contribution in [3.8, 4) is 0 Å². The molecule has 1 aromatic rings. The van der Waals surface area contributed by atoms with E-state index in [0.717, 1.165) is 4.90 Å². The number of carbonyl (C=O) groups excluding carboxylic acids is 4. The van der Waals surface area contributed by atoms with E-state index in [1.807, 2.05) is 0 Å². The van der Waals surface area contributed by atoms with Crippen LogP contribution in [-0.4, -0.2) is 78.0 Å². The molecule has 0 spiro atoms. The van der Waals surface area contributed by atoms with E-state index in [1.54, 1.807) is 43.0 Å². The van der Waals surface area contributed by atoms with Crippen molar-refractivity contribution in [1.29, 1.82) is 0 Å². The molecule has 2 saturated heterocycles. The number of urea groups is 1. The van der Waals surface area contributed by atoms with E-state index in [-0.39, 0.29) is 19.1 Å². The summed E-state index contributed by atoms with van der Waals surface area (Å²) in [5.74, 6) is -0.805. The first-order valence-corrected chi connectivity index (χ1v) is 10.3. The van der Waals surface area contributed by atoms with Crippen LogP contribution >= 0.6 is 11.6 Å². The highest BCUT2D eigenvalue weighted by Crippen LogP contribution is 2.33. The van der Waals surface area contributed by atoms with Crippen molar-refractivity contribution >= 4 is 35.5 Å². The van der Waals surface area contributed by atoms with Crippen LogP contribution < -0.4 is 5.32 Å². The fourth-order valence-electron chi connectivity index (χ4n) is 3.73. The van der Waals surface area contributed by atoms with Gasteiger partial charge in [-0.1, -0.05) is 30.7 Å². The van der Waals surface area contributed by atoms with Crippen LogP contribution in [0.4, 0.5) is 9.59 Å². The molecule has 10 heteroatoms. The van der Waals surface area contributed by atoms with Gasteiger partial charge >= 0.3 is 12.1 Å². The van der Waals surface area contributed by atoms with Crippen molar-refractivity contribution in [3.05, 3.63) is 34.9 Å². The van der Waals surface area contributed by atoms with Gasteiger partial charge in [0.15, 0.2) is 0 Å². The zero-order valence-corrected chi connectivity index (χ0v) is 17.8. The van der Waals surface area contributed by atoms with Crippen molar-refractivity contribution < 1.29 is 23.9 Å². The maximum absolute atomic E-state index is 13.2. The maximum Gasteiger partial charge on any atom is 0.409 e. The summed E-state index contributed by atoms with van der Waals surface area (Å²) >= 11 is 5.94. The number of hydrogen-bond donors (Lipinski definition) is 1. The van der Waals surface area contributed by atoms with Gasteiger partial charge in [0.25, 0.3) is 5.91 Å². The van der Waals surface area contributed by atoms with Crippen LogP contribution in [0, 0.1) is 0 Å². The number of carbonyl (C=O) groups is 4. The fraction of sp³-hybridized carbons (Fsp3) is 0.500. The van der Waals surface area contributed by atoms with E-state index < -0.39 is 23.6 Å². The molecule has 2 heterocycles. The Balaban J connectivity index is 1.66. The van der Waals surface area contributed by atoms with E-state index in [1.165, 1.54) is 4.90 Å². The number of ether oxygens (including phenoxy) is 1. The molecule has 3 rings (SSSR count). The standard InChI is InChI=1S/C20H25ClN4O5/c1-3-20(14-5-7-15(21)8-6-14)17(27)25(18(28)22-20)13-16(26)23-9-11-24(12-10-23)19(29)30-4-2/h5-8H,3-4,9-13H2,1-2H3,(H,22,28). The van der Waals surface area contributed by atoms with Crippen LogP contribution in [0.25, 0.3) is 0 Å². The average molecular weight is 437 g/mol. The molecular formula is C20H25ClN4O5. The van der Waals surface area contributed by atoms with Crippen molar-refractivity contribution in [2.24, 2.45) is 0 Å². The predicted octanol–water partition coefficient (Wildman–Crippen LogP) is 1.80. The number of piperazine rings is 1.